The second-order valence-corrected chi connectivity index (χ2v) is 6.24. The van der Waals surface area contributed by atoms with Gasteiger partial charge in [0, 0.05) is 18.5 Å². The third-order valence-electron chi connectivity index (χ3n) is 4.68. The number of nitrogens with one attached hydrogen (secondary N) is 1. The van der Waals surface area contributed by atoms with Gasteiger partial charge in [0.05, 0.1) is 12.6 Å². The summed E-state index contributed by atoms with van der Waals surface area (Å²) in [6.07, 6.45) is 6.19. The van der Waals surface area contributed by atoms with Crippen LogP contribution in [0.25, 0.3) is 0 Å². The summed E-state index contributed by atoms with van der Waals surface area (Å²) in [5, 5.41) is 21.6. The standard InChI is InChI=1S/C14H24N4O/c1-9(8-19)18-10(2)16-17-14(18)7-11-5-12-3-4-13(6-11)15-12/h9,11-13,15,19H,3-8H2,1-2H3. The summed E-state index contributed by atoms with van der Waals surface area (Å²) >= 11 is 0. The van der Waals surface area contributed by atoms with Crippen LogP contribution in [-0.4, -0.2) is 38.6 Å². The molecule has 2 bridgehead atoms. The maximum absolute atomic E-state index is 9.37. The monoisotopic (exact) mass is 264 g/mol. The Morgan fingerprint density at radius 3 is 2.63 bits per heavy atom. The maximum Gasteiger partial charge on any atom is 0.133 e. The first-order valence-corrected chi connectivity index (χ1v) is 7.44. The molecule has 106 valence electrons. The summed E-state index contributed by atoms with van der Waals surface area (Å²) < 4.78 is 2.10. The summed E-state index contributed by atoms with van der Waals surface area (Å²) in [5.74, 6) is 2.67. The molecule has 3 rings (SSSR count). The molecule has 19 heavy (non-hydrogen) atoms. The minimum Gasteiger partial charge on any atom is -0.394 e. The molecule has 2 saturated heterocycles. The van der Waals surface area contributed by atoms with E-state index in [-0.39, 0.29) is 12.6 Å². The molecular formula is C14H24N4O. The number of aliphatic hydroxyl groups excluding tert-OH is 1. The minimum absolute atomic E-state index is 0.0726. The highest BCUT2D eigenvalue weighted by Gasteiger charge is 2.34. The van der Waals surface area contributed by atoms with Crippen molar-refractivity contribution in [1.82, 2.24) is 20.1 Å². The Kier molecular flexibility index (Phi) is 3.58. The van der Waals surface area contributed by atoms with E-state index >= 15 is 0 Å². The molecule has 0 aliphatic carbocycles. The van der Waals surface area contributed by atoms with Gasteiger partial charge in [0.1, 0.15) is 11.6 Å². The smallest absolute Gasteiger partial charge is 0.133 e. The van der Waals surface area contributed by atoms with Gasteiger partial charge in [-0.1, -0.05) is 0 Å². The number of aliphatic hydroxyl groups is 1. The number of aryl methyl sites for hydroxylation is 1. The van der Waals surface area contributed by atoms with Crippen LogP contribution in [-0.2, 0) is 6.42 Å². The number of piperidine rings is 1. The highest BCUT2D eigenvalue weighted by Crippen LogP contribution is 2.32. The van der Waals surface area contributed by atoms with Gasteiger partial charge in [-0.3, -0.25) is 0 Å². The van der Waals surface area contributed by atoms with Gasteiger partial charge in [-0.25, -0.2) is 0 Å². The number of aromatic nitrogens is 3. The summed E-state index contributed by atoms with van der Waals surface area (Å²) in [7, 11) is 0. The van der Waals surface area contributed by atoms with Crippen molar-refractivity contribution in [3.63, 3.8) is 0 Å². The highest BCUT2D eigenvalue weighted by atomic mass is 16.3. The molecular weight excluding hydrogens is 240 g/mol. The van der Waals surface area contributed by atoms with Gasteiger partial charge in [0.2, 0.25) is 0 Å². The second-order valence-electron chi connectivity index (χ2n) is 6.24. The molecule has 3 atom stereocenters. The average Bonchev–Trinajstić information content (AvgIpc) is 2.92. The van der Waals surface area contributed by atoms with E-state index in [2.05, 4.69) is 20.1 Å². The summed E-state index contributed by atoms with van der Waals surface area (Å²) in [6.45, 7) is 4.13. The third-order valence-corrected chi connectivity index (χ3v) is 4.68. The summed E-state index contributed by atoms with van der Waals surface area (Å²) in [6, 6.07) is 1.51. The molecule has 3 heterocycles. The topological polar surface area (TPSA) is 63.0 Å². The fourth-order valence-electron chi connectivity index (χ4n) is 3.81. The van der Waals surface area contributed by atoms with Gasteiger partial charge < -0.3 is 15.0 Å². The minimum atomic E-state index is 0.0726. The zero-order valence-electron chi connectivity index (χ0n) is 11.8. The van der Waals surface area contributed by atoms with Crippen LogP contribution >= 0.6 is 0 Å². The zero-order chi connectivity index (χ0) is 13.4. The molecule has 3 unspecified atom stereocenters. The van der Waals surface area contributed by atoms with Crippen molar-refractivity contribution < 1.29 is 5.11 Å². The van der Waals surface area contributed by atoms with Crippen molar-refractivity contribution in [2.75, 3.05) is 6.61 Å². The van der Waals surface area contributed by atoms with Crippen molar-refractivity contribution in [1.29, 1.82) is 0 Å². The Bertz CT molecular complexity index is 433. The molecule has 0 saturated carbocycles. The lowest BCUT2D eigenvalue weighted by molar-refractivity contribution is 0.230. The summed E-state index contributed by atoms with van der Waals surface area (Å²) in [5.41, 5.74) is 0. The maximum atomic E-state index is 9.37. The second kappa shape index (κ2) is 5.21. The number of hydrogen-bond donors (Lipinski definition) is 2. The van der Waals surface area contributed by atoms with Crippen molar-refractivity contribution in [2.24, 2.45) is 5.92 Å². The van der Waals surface area contributed by atoms with Crippen molar-refractivity contribution in [3.8, 4) is 0 Å². The predicted octanol–water partition coefficient (Wildman–Crippen LogP) is 1.21. The van der Waals surface area contributed by atoms with Crippen molar-refractivity contribution >= 4 is 0 Å². The van der Waals surface area contributed by atoms with E-state index in [4.69, 9.17) is 0 Å². The lowest BCUT2D eigenvalue weighted by atomic mass is 9.89. The molecule has 2 aliphatic heterocycles. The van der Waals surface area contributed by atoms with E-state index in [1.165, 1.54) is 25.7 Å². The Hall–Kier alpha value is -0.940. The van der Waals surface area contributed by atoms with Crippen LogP contribution in [0.5, 0.6) is 0 Å². The Labute approximate surface area is 114 Å². The van der Waals surface area contributed by atoms with E-state index in [9.17, 15) is 5.11 Å². The SMILES string of the molecule is Cc1nnc(CC2CC3CCC(C2)N3)n1C(C)CO. The van der Waals surface area contributed by atoms with E-state index in [1.807, 2.05) is 13.8 Å². The predicted molar refractivity (Wildman–Crippen MR) is 72.9 cm³/mol. The molecule has 5 nitrogen and oxygen atoms in total. The van der Waals surface area contributed by atoms with Gasteiger partial charge in [0.15, 0.2) is 0 Å². The van der Waals surface area contributed by atoms with Crippen LogP contribution in [0.1, 0.15) is 50.3 Å². The first-order valence-electron chi connectivity index (χ1n) is 7.44. The van der Waals surface area contributed by atoms with E-state index in [0.717, 1.165) is 30.2 Å². The molecule has 1 aromatic rings. The number of fused-ring (bicyclic) bond motifs is 2. The summed E-state index contributed by atoms with van der Waals surface area (Å²) in [4.78, 5) is 0. The molecule has 0 aromatic carbocycles. The number of nitrogens with zero attached hydrogens (tertiary/aromatic N) is 3. The normalized spacial score (nSPS) is 31.6. The fraction of sp³-hybridized carbons (Fsp3) is 0.857. The number of rotatable bonds is 4. The van der Waals surface area contributed by atoms with Crippen LogP contribution in [0.2, 0.25) is 0 Å². The average molecular weight is 264 g/mol. The molecule has 0 amide bonds. The first kappa shape index (κ1) is 13.1. The van der Waals surface area contributed by atoms with E-state index < -0.39 is 0 Å². The molecule has 2 N–H and O–H groups in total. The van der Waals surface area contributed by atoms with Gasteiger partial charge in [-0.05, 0) is 45.4 Å². The number of hydrogen-bond acceptors (Lipinski definition) is 4. The van der Waals surface area contributed by atoms with Crippen LogP contribution in [0.3, 0.4) is 0 Å². The first-order chi connectivity index (χ1) is 9.17. The largest absolute Gasteiger partial charge is 0.394 e. The fourth-order valence-corrected chi connectivity index (χ4v) is 3.81. The van der Waals surface area contributed by atoms with Crippen LogP contribution in [0.15, 0.2) is 0 Å². The zero-order valence-corrected chi connectivity index (χ0v) is 11.8. The quantitative estimate of drug-likeness (QED) is 0.858. The van der Waals surface area contributed by atoms with E-state index in [1.54, 1.807) is 0 Å². The van der Waals surface area contributed by atoms with Gasteiger partial charge >= 0.3 is 0 Å². The molecule has 2 aliphatic rings. The molecule has 1 aromatic heterocycles. The Balaban J connectivity index is 1.73. The Morgan fingerprint density at radius 1 is 1.32 bits per heavy atom. The molecule has 2 fully saturated rings. The Morgan fingerprint density at radius 2 is 2.00 bits per heavy atom. The molecule has 5 heteroatoms. The van der Waals surface area contributed by atoms with Gasteiger partial charge in [0.25, 0.3) is 0 Å². The van der Waals surface area contributed by atoms with Crippen molar-refractivity contribution in [2.45, 2.75) is 64.1 Å². The lowest BCUT2D eigenvalue weighted by Crippen LogP contribution is -2.38. The molecule has 0 radical (unpaired) electrons. The van der Waals surface area contributed by atoms with Gasteiger partial charge in [-0.2, -0.15) is 0 Å². The van der Waals surface area contributed by atoms with Crippen LogP contribution in [0, 0.1) is 12.8 Å². The lowest BCUT2D eigenvalue weighted by Gasteiger charge is -2.29. The highest BCUT2D eigenvalue weighted by molar-refractivity contribution is 5.01. The van der Waals surface area contributed by atoms with E-state index in [0.29, 0.717) is 5.92 Å². The van der Waals surface area contributed by atoms with Crippen LogP contribution < -0.4 is 5.32 Å². The third kappa shape index (κ3) is 2.54. The van der Waals surface area contributed by atoms with Gasteiger partial charge in [-0.15, -0.1) is 10.2 Å². The molecule has 0 spiro atoms. The van der Waals surface area contributed by atoms with Crippen LogP contribution in [0.4, 0.5) is 0 Å². The van der Waals surface area contributed by atoms with Crippen molar-refractivity contribution in [3.05, 3.63) is 11.6 Å².